The van der Waals surface area contributed by atoms with Gasteiger partial charge in [0.1, 0.15) is 0 Å². The summed E-state index contributed by atoms with van der Waals surface area (Å²) in [5.74, 6) is 0.759. The van der Waals surface area contributed by atoms with Crippen molar-refractivity contribution in [3.63, 3.8) is 0 Å². The van der Waals surface area contributed by atoms with E-state index in [9.17, 15) is 0 Å². The van der Waals surface area contributed by atoms with Crippen LogP contribution in [0.3, 0.4) is 0 Å². The van der Waals surface area contributed by atoms with E-state index in [-0.39, 0.29) is 0 Å². The van der Waals surface area contributed by atoms with E-state index in [1.807, 2.05) is 11.3 Å². The predicted octanol–water partition coefficient (Wildman–Crippen LogP) is 3.16. The highest BCUT2D eigenvalue weighted by atomic mass is 32.1. The summed E-state index contributed by atoms with van der Waals surface area (Å²) in [6.45, 7) is 2.32. The molecule has 1 aliphatic heterocycles. The molecule has 1 fully saturated rings. The molecule has 18 heavy (non-hydrogen) atoms. The molecule has 2 nitrogen and oxygen atoms in total. The molecule has 2 aromatic rings. The molecule has 0 saturated carbocycles. The molecule has 0 spiro atoms. The molecule has 96 valence electrons. The van der Waals surface area contributed by atoms with Crippen molar-refractivity contribution < 1.29 is 0 Å². The van der Waals surface area contributed by atoms with Gasteiger partial charge in [-0.1, -0.05) is 18.2 Å². The fourth-order valence-electron chi connectivity index (χ4n) is 3.06. The number of benzene rings is 1. The number of thiophene rings is 1. The van der Waals surface area contributed by atoms with Gasteiger partial charge in [0.15, 0.2) is 0 Å². The molecule has 0 amide bonds. The maximum Gasteiger partial charge on any atom is 0.0361 e. The lowest BCUT2D eigenvalue weighted by atomic mass is 9.86. The van der Waals surface area contributed by atoms with Gasteiger partial charge in [0.2, 0.25) is 0 Å². The second-order valence-electron chi connectivity index (χ2n) is 5.04. The number of piperidine rings is 1. The predicted molar refractivity (Wildman–Crippen MR) is 79.2 cm³/mol. The first kappa shape index (κ1) is 12.2. The normalized spacial score (nSPS) is 19.2. The van der Waals surface area contributed by atoms with E-state index in [4.69, 9.17) is 0 Å². The molecule has 3 rings (SSSR count). The summed E-state index contributed by atoms with van der Waals surface area (Å²) in [6, 6.07) is 9.25. The van der Waals surface area contributed by atoms with Gasteiger partial charge in [0.05, 0.1) is 0 Å². The third-order valence-electron chi connectivity index (χ3n) is 4.01. The molecular formula is C15H20N2S. The number of hydrogen-bond donors (Lipinski definition) is 2. The molecule has 2 heterocycles. The lowest BCUT2D eigenvalue weighted by molar-refractivity contribution is 0.295. The highest BCUT2D eigenvalue weighted by molar-refractivity contribution is 7.17. The van der Waals surface area contributed by atoms with Gasteiger partial charge in [-0.05, 0) is 61.3 Å². The van der Waals surface area contributed by atoms with Crippen LogP contribution in [0.1, 0.15) is 24.4 Å². The Hall–Kier alpha value is -0.900. The van der Waals surface area contributed by atoms with Crippen LogP contribution >= 0.6 is 11.3 Å². The van der Waals surface area contributed by atoms with Crippen molar-refractivity contribution in [3.05, 3.63) is 35.2 Å². The SMILES string of the molecule is CNC(c1csc2ccccc12)C1CCNCC1. The molecule has 3 heteroatoms. The Morgan fingerprint density at radius 1 is 1.28 bits per heavy atom. The van der Waals surface area contributed by atoms with E-state index in [2.05, 4.69) is 47.3 Å². The van der Waals surface area contributed by atoms with Crippen LogP contribution in [0.4, 0.5) is 0 Å². The van der Waals surface area contributed by atoms with E-state index >= 15 is 0 Å². The Labute approximate surface area is 112 Å². The van der Waals surface area contributed by atoms with Crippen LogP contribution in [-0.4, -0.2) is 20.1 Å². The van der Waals surface area contributed by atoms with Crippen molar-refractivity contribution in [2.75, 3.05) is 20.1 Å². The van der Waals surface area contributed by atoms with Gasteiger partial charge in [0.25, 0.3) is 0 Å². The van der Waals surface area contributed by atoms with Crippen molar-refractivity contribution in [3.8, 4) is 0 Å². The number of hydrogen-bond acceptors (Lipinski definition) is 3. The number of rotatable bonds is 3. The minimum Gasteiger partial charge on any atom is -0.317 e. The molecule has 1 aliphatic rings. The molecule has 1 saturated heterocycles. The van der Waals surface area contributed by atoms with E-state index in [1.54, 1.807) is 0 Å². The highest BCUT2D eigenvalue weighted by Gasteiger charge is 2.25. The van der Waals surface area contributed by atoms with Gasteiger partial charge in [-0.25, -0.2) is 0 Å². The fourth-order valence-corrected chi connectivity index (χ4v) is 4.06. The zero-order valence-corrected chi connectivity index (χ0v) is 11.6. The maximum atomic E-state index is 3.55. The van der Waals surface area contributed by atoms with Crippen LogP contribution in [0.5, 0.6) is 0 Å². The van der Waals surface area contributed by atoms with Crippen LogP contribution in [0.15, 0.2) is 29.6 Å². The molecule has 0 aliphatic carbocycles. The molecule has 2 N–H and O–H groups in total. The third-order valence-corrected chi connectivity index (χ3v) is 4.99. The van der Waals surface area contributed by atoms with Crippen molar-refractivity contribution in [2.24, 2.45) is 5.92 Å². The summed E-state index contributed by atoms with van der Waals surface area (Å²) in [5, 5.41) is 10.8. The van der Waals surface area contributed by atoms with Gasteiger partial charge in [-0.3, -0.25) is 0 Å². The summed E-state index contributed by atoms with van der Waals surface area (Å²) in [7, 11) is 2.10. The molecule has 1 aromatic heterocycles. The Morgan fingerprint density at radius 2 is 2.06 bits per heavy atom. The molecule has 1 atom stereocenters. The standard InChI is InChI=1S/C15H20N2S/c1-16-15(11-6-8-17-9-7-11)13-10-18-14-5-3-2-4-12(13)14/h2-5,10-11,15-17H,6-9H2,1H3. The maximum absolute atomic E-state index is 3.55. The van der Waals surface area contributed by atoms with Crippen molar-refractivity contribution >= 4 is 21.4 Å². The Bertz CT molecular complexity index is 514. The van der Waals surface area contributed by atoms with Gasteiger partial charge in [0, 0.05) is 10.7 Å². The molecule has 1 unspecified atom stereocenters. The van der Waals surface area contributed by atoms with Crippen molar-refractivity contribution in [1.29, 1.82) is 0 Å². The topological polar surface area (TPSA) is 24.1 Å². The molecule has 1 aromatic carbocycles. The Kier molecular flexibility index (Phi) is 3.64. The van der Waals surface area contributed by atoms with E-state index in [1.165, 1.54) is 28.5 Å². The quantitative estimate of drug-likeness (QED) is 0.886. The van der Waals surface area contributed by atoms with Gasteiger partial charge < -0.3 is 10.6 Å². The van der Waals surface area contributed by atoms with E-state index in [0.717, 1.165) is 19.0 Å². The first-order valence-corrected chi connectivity index (χ1v) is 7.62. The Morgan fingerprint density at radius 3 is 2.83 bits per heavy atom. The fraction of sp³-hybridized carbons (Fsp3) is 0.467. The second-order valence-corrected chi connectivity index (χ2v) is 5.95. The molecular weight excluding hydrogens is 240 g/mol. The van der Waals surface area contributed by atoms with E-state index in [0.29, 0.717) is 6.04 Å². The number of nitrogens with one attached hydrogen (secondary N) is 2. The summed E-state index contributed by atoms with van der Waals surface area (Å²) in [5.41, 5.74) is 1.49. The van der Waals surface area contributed by atoms with Crippen LogP contribution in [0.25, 0.3) is 10.1 Å². The summed E-state index contributed by atoms with van der Waals surface area (Å²) >= 11 is 1.87. The van der Waals surface area contributed by atoms with Crippen LogP contribution < -0.4 is 10.6 Å². The molecule has 0 radical (unpaired) electrons. The largest absolute Gasteiger partial charge is 0.317 e. The van der Waals surface area contributed by atoms with Gasteiger partial charge in [-0.15, -0.1) is 11.3 Å². The minimum atomic E-state index is 0.503. The van der Waals surface area contributed by atoms with E-state index < -0.39 is 0 Å². The zero-order chi connectivity index (χ0) is 12.4. The zero-order valence-electron chi connectivity index (χ0n) is 10.8. The average Bonchev–Trinajstić information content (AvgIpc) is 2.85. The van der Waals surface area contributed by atoms with Gasteiger partial charge in [-0.2, -0.15) is 0 Å². The van der Waals surface area contributed by atoms with Crippen LogP contribution in [0.2, 0.25) is 0 Å². The first-order valence-electron chi connectivity index (χ1n) is 6.74. The van der Waals surface area contributed by atoms with Gasteiger partial charge >= 0.3 is 0 Å². The van der Waals surface area contributed by atoms with Crippen molar-refractivity contribution in [1.82, 2.24) is 10.6 Å². The average molecular weight is 260 g/mol. The first-order chi connectivity index (χ1) is 8.90. The minimum absolute atomic E-state index is 0.503. The summed E-state index contributed by atoms with van der Waals surface area (Å²) in [6.07, 6.45) is 2.55. The third kappa shape index (κ3) is 2.18. The highest BCUT2D eigenvalue weighted by Crippen LogP contribution is 2.36. The van der Waals surface area contributed by atoms with Crippen LogP contribution in [0, 0.1) is 5.92 Å². The number of fused-ring (bicyclic) bond motifs is 1. The summed E-state index contributed by atoms with van der Waals surface area (Å²) in [4.78, 5) is 0. The van der Waals surface area contributed by atoms with Crippen molar-refractivity contribution in [2.45, 2.75) is 18.9 Å². The second kappa shape index (κ2) is 5.39. The smallest absolute Gasteiger partial charge is 0.0361 e. The lowest BCUT2D eigenvalue weighted by Crippen LogP contribution is -2.35. The Balaban J connectivity index is 1.95. The van der Waals surface area contributed by atoms with Crippen LogP contribution in [-0.2, 0) is 0 Å². The monoisotopic (exact) mass is 260 g/mol. The summed E-state index contributed by atoms with van der Waals surface area (Å²) < 4.78 is 1.40. The molecule has 0 bridgehead atoms. The lowest BCUT2D eigenvalue weighted by Gasteiger charge is -2.30.